The molecule has 154 valence electrons. The summed E-state index contributed by atoms with van der Waals surface area (Å²) in [4.78, 5) is 13.9. The molecule has 1 aliphatic heterocycles. The molecule has 0 saturated carbocycles. The van der Waals surface area contributed by atoms with Gasteiger partial charge in [0.1, 0.15) is 31.2 Å². The van der Waals surface area contributed by atoms with Crippen molar-refractivity contribution in [2.45, 2.75) is 6.54 Å². The molecule has 0 atom stereocenters. The maximum Gasteiger partial charge on any atom is 0.231 e. The van der Waals surface area contributed by atoms with E-state index >= 15 is 0 Å². The van der Waals surface area contributed by atoms with Crippen LogP contribution in [0, 0.1) is 5.82 Å². The molecule has 0 amide bonds. The van der Waals surface area contributed by atoms with Crippen molar-refractivity contribution in [1.82, 2.24) is 0 Å². The summed E-state index contributed by atoms with van der Waals surface area (Å²) in [5, 5.41) is 10.4. The zero-order chi connectivity index (χ0) is 20.8. The minimum atomic E-state index is -0.440. The molecule has 3 rings (SSSR count). The number of hydrogen-bond acceptors (Lipinski definition) is 5. The number of quaternary nitrogens is 1. The van der Waals surface area contributed by atoms with Crippen LogP contribution in [0.15, 0.2) is 42.2 Å². The quantitative estimate of drug-likeness (QED) is 0.627. The van der Waals surface area contributed by atoms with Gasteiger partial charge in [-0.15, -0.1) is 0 Å². The Kier molecular flexibility index (Phi) is 6.98. The molecule has 7 heteroatoms. The van der Waals surface area contributed by atoms with Crippen molar-refractivity contribution in [2.24, 2.45) is 0 Å². The molecule has 0 bridgehead atoms. The normalized spacial score (nSPS) is 14.5. The van der Waals surface area contributed by atoms with Crippen LogP contribution in [0.25, 0.3) is 6.08 Å². The van der Waals surface area contributed by atoms with E-state index < -0.39 is 5.82 Å². The predicted octanol–water partition coefficient (Wildman–Crippen LogP) is 1.83. The van der Waals surface area contributed by atoms with E-state index in [9.17, 15) is 14.3 Å². The van der Waals surface area contributed by atoms with E-state index in [2.05, 4.69) is 0 Å². The SMILES string of the molecule is COCC[NH+](CCOC)Cc1c(O)ccc2c1O/C(=C/c1ccccc1F)C2=O. The minimum absolute atomic E-state index is 0.0345. The smallest absolute Gasteiger partial charge is 0.231 e. The van der Waals surface area contributed by atoms with Gasteiger partial charge in [-0.1, -0.05) is 18.2 Å². The molecule has 2 N–H and O–H groups in total. The third-order valence-electron chi connectivity index (χ3n) is 4.85. The summed E-state index contributed by atoms with van der Waals surface area (Å²) >= 11 is 0. The first-order valence-corrected chi connectivity index (χ1v) is 9.40. The summed E-state index contributed by atoms with van der Waals surface area (Å²) in [5.74, 6) is -0.363. The third kappa shape index (κ3) is 4.82. The molecule has 0 unspecified atom stereocenters. The van der Waals surface area contributed by atoms with Crippen LogP contribution in [-0.2, 0) is 16.0 Å². The lowest BCUT2D eigenvalue weighted by Crippen LogP contribution is -3.11. The van der Waals surface area contributed by atoms with Crippen molar-refractivity contribution in [1.29, 1.82) is 0 Å². The van der Waals surface area contributed by atoms with Gasteiger partial charge in [-0.05, 0) is 24.3 Å². The van der Waals surface area contributed by atoms with Gasteiger partial charge in [0.2, 0.25) is 5.78 Å². The predicted molar refractivity (Wildman–Crippen MR) is 106 cm³/mol. The second-order valence-electron chi connectivity index (χ2n) is 6.81. The molecule has 0 fully saturated rings. The first kappa shape index (κ1) is 21.0. The molecule has 0 saturated heterocycles. The highest BCUT2D eigenvalue weighted by molar-refractivity contribution is 6.15. The molecule has 0 aliphatic carbocycles. The average molecular weight is 402 g/mol. The first-order chi connectivity index (χ1) is 14.0. The van der Waals surface area contributed by atoms with Crippen molar-refractivity contribution in [3.05, 3.63) is 64.7 Å². The van der Waals surface area contributed by atoms with E-state index in [4.69, 9.17) is 14.2 Å². The van der Waals surface area contributed by atoms with Crippen molar-refractivity contribution >= 4 is 11.9 Å². The van der Waals surface area contributed by atoms with Crippen LogP contribution in [0.3, 0.4) is 0 Å². The molecular weight excluding hydrogens is 377 g/mol. The molecule has 2 aromatic rings. The number of carbonyl (C=O) groups is 1. The standard InChI is InChI=1S/C22H24FNO5/c1-27-11-9-24(10-12-28-2)14-17-19(25)8-7-16-21(26)20(29-22(16)17)13-15-5-3-4-6-18(15)23/h3-8,13,25H,9-12,14H2,1-2H3/p+1/b20-13+. The highest BCUT2D eigenvalue weighted by Crippen LogP contribution is 2.39. The Morgan fingerprint density at radius 2 is 1.79 bits per heavy atom. The summed E-state index contributed by atoms with van der Waals surface area (Å²) in [6.07, 6.45) is 1.39. The summed E-state index contributed by atoms with van der Waals surface area (Å²) < 4.78 is 30.1. The fourth-order valence-electron chi connectivity index (χ4n) is 3.25. The zero-order valence-electron chi connectivity index (χ0n) is 16.5. The number of phenols is 1. The van der Waals surface area contributed by atoms with Gasteiger partial charge in [-0.25, -0.2) is 4.39 Å². The van der Waals surface area contributed by atoms with Gasteiger partial charge in [0.05, 0.1) is 24.3 Å². The number of ether oxygens (including phenoxy) is 3. The number of hydrogen-bond donors (Lipinski definition) is 2. The number of phenolic OH excluding ortho intramolecular Hbond substituents is 1. The number of allylic oxidation sites excluding steroid dienone is 1. The molecule has 1 aliphatic rings. The fraction of sp³-hybridized carbons (Fsp3) is 0.318. The van der Waals surface area contributed by atoms with Gasteiger partial charge in [0, 0.05) is 19.8 Å². The summed E-state index contributed by atoms with van der Waals surface area (Å²) in [7, 11) is 3.26. The van der Waals surface area contributed by atoms with Crippen molar-refractivity contribution in [3.8, 4) is 11.5 Å². The highest BCUT2D eigenvalue weighted by Gasteiger charge is 2.32. The Hall–Kier alpha value is -2.74. The Morgan fingerprint density at radius 1 is 1.10 bits per heavy atom. The van der Waals surface area contributed by atoms with Crippen LogP contribution in [-0.4, -0.2) is 51.4 Å². The first-order valence-electron chi connectivity index (χ1n) is 9.40. The van der Waals surface area contributed by atoms with Gasteiger partial charge in [0.25, 0.3) is 0 Å². The van der Waals surface area contributed by atoms with Gasteiger partial charge in [-0.2, -0.15) is 0 Å². The number of fused-ring (bicyclic) bond motifs is 1. The average Bonchev–Trinajstić information content (AvgIpc) is 3.03. The molecule has 0 aromatic heterocycles. The second-order valence-corrected chi connectivity index (χ2v) is 6.81. The number of aromatic hydroxyl groups is 1. The maximum absolute atomic E-state index is 14.0. The van der Waals surface area contributed by atoms with Gasteiger partial charge >= 0.3 is 0 Å². The molecule has 0 radical (unpaired) electrons. The monoisotopic (exact) mass is 402 g/mol. The summed E-state index contributed by atoms with van der Waals surface area (Å²) in [6.45, 7) is 2.94. The summed E-state index contributed by atoms with van der Waals surface area (Å²) in [6, 6.07) is 9.18. The van der Waals surface area contributed by atoms with E-state index in [1.54, 1.807) is 32.4 Å². The van der Waals surface area contributed by atoms with E-state index in [-0.39, 0.29) is 22.9 Å². The van der Waals surface area contributed by atoms with Crippen LogP contribution in [0.1, 0.15) is 21.5 Å². The van der Waals surface area contributed by atoms with Crippen LogP contribution in [0.2, 0.25) is 0 Å². The number of halogens is 1. The number of rotatable bonds is 9. The van der Waals surface area contributed by atoms with Crippen molar-refractivity contribution in [3.63, 3.8) is 0 Å². The third-order valence-corrected chi connectivity index (χ3v) is 4.85. The lowest BCUT2D eigenvalue weighted by atomic mass is 10.0. The Bertz CT molecular complexity index is 904. The fourth-order valence-corrected chi connectivity index (χ4v) is 3.25. The van der Waals surface area contributed by atoms with E-state index in [0.717, 1.165) is 4.90 Å². The number of nitrogens with one attached hydrogen (secondary N) is 1. The topological polar surface area (TPSA) is 69.4 Å². The largest absolute Gasteiger partial charge is 0.507 e. The van der Waals surface area contributed by atoms with Gasteiger partial charge in [0.15, 0.2) is 11.5 Å². The molecule has 6 nitrogen and oxygen atoms in total. The number of methoxy groups -OCH3 is 2. The molecule has 0 spiro atoms. The van der Waals surface area contributed by atoms with Crippen LogP contribution in [0.4, 0.5) is 4.39 Å². The van der Waals surface area contributed by atoms with E-state index in [1.165, 1.54) is 24.3 Å². The lowest BCUT2D eigenvalue weighted by Gasteiger charge is -2.20. The molecule has 2 aromatic carbocycles. The van der Waals surface area contributed by atoms with E-state index in [1.807, 2.05) is 0 Å². The van der Waals surface area contributed by atoms with Crippen molar-refractivity contribution in [2.75, 3.05) is 40.5 Å². The van der Waals surface area contributed by atoms with Gasteiger partial charge < -0.3 is 24.2 Å². The number of carbonyl (C=O) groups excluding carboxylic acids is 1. The lowest BCUT2D eigenvalue weighted by molar-refractivity contribution is -0.914. The van der Waals surface area contributed by atoms with Gasteiger partial charge in [-0.3, -0.25) is 4.79 Å². The zero-order valence-corrected chi connectivity index (χ0v) is 16.5. The number of ketones is 1. The molecule has 29 heavy (non-hydrogen) atoms. The Balaban J connectivity index is 1.90. The Morgan fingerprint density at radius 3 is 2.45 bits per heavy atom. The van der Waals surface area contributed by atoms with Crippen LogP contribution >= 0.6 is 0 Å². The highest BCUT2D eigenvalue weighted by atomic mass is 19.1. The summed E-state index contributed by atoms with van der Waals surface area (Å²) in [5.41, 5.74) is 1.16. The van der Waals surface area contributed by atoms with Crippen LogP contribution in [0.5, 0.6) is 11.5 Å². The van der Waals surface area contributed by atoms with E-state index in [0.29, 0.717) is 49.7 Å². The molecular formula is C22H25FNO5+. The number of benzene rings is 2. The maximum atomic E-state index is 14.0. The Labute approximate surface area is 169 Å². The number of Topliss-reactive ketones (excluding diaryl/α,β-unsaturated/α-hetero) is 1. The second kappa shape index (κ2) is 9.65. The van der Waals surface area contributed by atoms with Crippen molar-refractivity contribution < 1.29 is 33.4 Å². The minimum Gasteiger partial charge on any atom is -0.507 e. The molecule has 1 heterocycles. The van der Waals surface area contributed by atoms with Crippen LogP contribution < -0.4 is 9.64 Å².